The van der Waals surface area contributed by atoms with E-state index in [9.17, 15) is 9.59 Å². The Labute approximate surface area is 97.2 Å². The van der Waals surface area contributed by atoms with Crippen molar-refractivity contribution in [3.63, 3.8) is 0 Å². The molecule has 0 amide bonds. The Balaban J connectivity index is 2.55. The van der Waals surface area contributed by atoms with E-state index in [1.807, 2.05) is 0 Å². The van der Waals surface area contributed by atoms with Gasteiger partial charge in [-0.3, -0.25) is 9.59 Å². The molecule has 1 aliphatic rings. The standard InChI is InChI=1S/C13H22O3/c1-3-4-5-6-11-10(7-8-12(11)14)9(2)13(15)16/h9-11H,3-8H2,1-2H3,(H,15,16)/t9?,10-,11+/m0/s1. The molecule has 3 nitrogen and oxygen atoms in total. The van der Waals surface area contributed by atoms with E-state index in [0.29, 0.717) is 6.42 Å². The topological polar surface area (TPSA) is 54.4 Å². The fraction of sp³-hybridized carbons (Fsp3) is 0.846. The molecule has 0 aromatic heterocycles. The summed E-state index contributed by atoms with van der Waals surface area (Å²) in [5.74, 6) is -0.771. The van der Waals surface area contributed by atoms with Crippen molar-refractivity contribution in [1.82, 2.24) is 0 Å². The van der Waals surface area contributed by atoms with E-state index in [2.05, 4.69) is 6.92 Å². The molecule has 3 atom stereocenters. The molecule has 1 saturated carbocycles. The summed E-state index contributed by atoms with van der Waals surface area (Å²) in [6, 6.07) is 0. The SMILES string of the molecule is CCCCC[C@H]1C(=O)CC[C@H]1C(C)C(=O)O. The second-order valence-corrected chi connectivity index (χ2v) is 4.90. The monoisotopic (exact) mass is 226 g/mol. The molecule has 0 bridgehead atoms. The lowest BCUT2D eigenvalue weighted by Gasteiger charge is -2.21. The first-order chi connectivity index (χ1) is 7.57. The van der Waals surface area contributed by atoms with Crippen LogP contribution in [0.15, 0.2) is 0 Å². The van der Waals surface area contributed by atoms with Crippen LogP contribution in [0.1, 0.15) is 52.4 Å². The summed E-state index contributed by atoms with van der Waals surface area (Å²) in [5.41, 5.74) is 0. The van der Waals surface area contributed by atoms with Crippen molar-refractivity contribution in [1.29, 1.82) is 0 Å². The second kappa shape index (κ2) is 6.02. The van der Waals surface area contributed by atoms with Gasteiger partial charge in [0.2, 0.25) is 0 Å². The predicted molar refractivity (Wildman–Crippen MR) is 62.2 cm³/mol. The number of ketones is 1. The van der Waals surface area contributed by atoms with Crippen molar-refractivity contribution in [2.75, 3.05) is 0 Å². The van der Waals surface area contributed by atoms with Gasteiger partial charge in [0.1, 0.15) is 5.78 Å². The van der Waals surface area contributed by atoms with E-state index in [1.165, 1.54) is 0 Å². The molecular formula is C13H22O3. The number of rotatable bonds is 6. The van der Waals surface area contributed by atoms with E-state index in [1.54, 1.807) is 6.92 Å². The number of carboxylic acid groups (broad SMARTS) is 1. The quantitative estimate of drug-likeness (QED) is 0.708. The van der Waals surface area contributed by atoms with Crippen molar-refractivity contribution < 1.29 is 14.7 Å². The summed E-state index contributed by atoms with van der Waals surface area (Å²) < 4.78 is 0. The molecule has 0 spiro atoms. The second-order valence-electron chi connectivity index (χ2n) is 4.90. The molecule has 92 valence electrons. The molecule has 3 heteroatoms. The summed E-state index contributed by atoms with van der Waals surface area (Å²) in [7, 11) is 0. The van der Waals surface area contributed by atoms with Gasteiger partial charge in [-0.25, -0.2) is 0 Å². The van der Waals surface area contributed by atoms with Crippen LogP contribution in [0.3, 0.4) is 0 Å². The smallest absolute Gasteiger partial charge is 0.306 e. The summed E-state index contributed by atoms with van der Waals surface area (Å²) in [4.78, 5) is 22.7. The third-order valence-corrected chi connectivity index (χ3v) is 3.80. The van der Waals surface area contributed by atoms with Crippen molar-refractivity contribution in [2.24, 2.45) is 17.8 Å². The van der Waals surface area contributed by atoms with Gasteiger partial charge in [-0.1, -0.05) is 33.1 Å². The number of carbonyl (C=O) groups is 2. The minimum Gasteiger partial charge on any atom is -0.481 e. The van der Waals surface area contributed by atoms with Crippen molar-refractivity contribution in [3.8, 4) is 0 Å². The number of hydrogen-bond acceptors (Lipinski definition) is 2. The van der Waals surface area contributed by atoms with Gasteiger partial charge in [-0.2, -0.15) is 0 Å². The Hall–Kier alpha value is -0.860. The molecule has 1 unspecified atom stereocenters. The minimum absolute atomic E-state index is 0.0117. The first-order valence-corrected chi connectivity index (χ1v) is 6.33. The number of aliphatic carboxylic acids is 1. The molecule has 0 aromatic carbocycles. The molecule has 1 rings (SSSR count). The Morgan fingerprint density at radius 1 is 1.50 bits per heavy atom. The summed E-state index contributed by atoms with van der Waals surface area (Å²) >= 11 is 0. The fourth-order valence-electron chi connectivity index (χ4n) is 2.71. The van der Waals surface area contributed by atoms with Gasteiger partial charge in [0.15, 0.2) is 0 Å². The Bertz CT molecular complexity index is 260. The molecule has 0 radical (unpaired) electrons. The highest BCUT2D eigenvalue weighted by Crippen LogP contribution is 2.37. The molecule has 0 aromatic rings. The largest absolute Gasteiger partial charge is 0.481 e. The van der Waals surface area contributed by atoms with Gasteiger partial charge in [0.05, 0.1) is 5.92 Å². The van der Waals surface area contributed by atoms with Crippen LogP contribution in [0.5, 0.6) is 0 Å². The molecule has 1 fully saturated rings. The maximum atomic E-state index is 11.7. The minimum atomic E-state index is -0.764. The lowest BCUT2D eigenvalue weighted by atomic mass is 9.82. The Morgan fingerprint density at radius 2 is 2.19 bits per heavy atom. The zero-order valence-corrected chi connectivity index (χ0v) is 10.2. The normalized spacial score (nSPS) is 27.0. The molecule has 16 heavy (non-hydrogen) atoms. The van der Waals surface area contributed by atoms with Crippen LogP contribution in [0, 0.1) is 17.8 Å². The molecule has 0 saturated heterocycles. The highest BCUT2D eigenvalue weighted by atomic mass is 16.4. The van der Waals surface area contributed by atoms with Gasteiger partial charge in [-0.05, 0) is 18.8 Å². The van der Waals surface area contributed by atoms with E-state index in [0.717, 1.165) is 32.1 Å². The van der Waals surface area contributed by atoms with E-state index < -0.39 is 5.97 Å². The predicted octanol–water partition coefficient (Wildman–Crippen LogP) is 2.88. The van der Waals surface area contributed by atoms with Gasteiger partial charge >= 0.3 is 5.97 Å². The number of hydrogen-bond donors (Lipinski definition) is 1. The molecular weight excluding hydrogens is 204 g/mol. The average Bonchev–Trinajstić information content (AvgIpc) is 2.60. The van der Waals surface area contributed by atoms with Gasteiger partial charge < -0.3 is 5.11 Å². The van der Waals surface area contributed by atoms with Crippen molar-refractivity contribution in [3.05, 3.63) is 0 Å². The molecule has 0 heterocycles. The van der Waals surface area contributed by atoms with Gasteiger partial charge in [-0.15, -0.1) is 0 Å². The van der Waals surface area contributed by atoms with Crippen LogP contribution >= 0.6 is 0 Å². The van der Waals surface area contributed by atoms with Crippen LogP contribution in [0.4, 0.5) is 0 Å². The fourth-order valence-corrected chi connectivity index (χ4v) is 2.71. The van der Waals surface area contributed by atoms with E-state index >= 15 is 0 Å². The van der Waals surface area contributed by atoms with Crippen LogP contribution in [0.2, 0.25) is 0 Å². The van der Waals surface area contributed by atoms with E-state index in [-0.39, 0.29) is 23.5 Å². The summed E-state index contributed by atoms with van der Waals surface area (Å²) in [6.07, 6.45) is 5.56. The zero-order valence-electron chi connectivity index (χ0n) is 10.2. The van der Waals surface area contributed by atoms with Crippen molar-refractivity contribution in [2.45, 2.75) is 52.4 Å². The lowest BCUT2D eigenvalue weighted by Crippen LogP contribution is -2.26. The third-order valence-electron chi connectivity index (χ3n) is 3.80. The maximum Gasteiger partial charge on any atom is 0.306 e. The number of carboxylic acids is 1. The lowest BCUT2D eigenvalue weighted by molar-refractivity contribution is -0.143. The summed E-state index contributed by atoms with van der Waals surface area (Å²) in [6.45, 7) is 3.87. The number of unbranched alkanes of at least 4 members (excludes halogenated alkanes) is 2. The Kier molecular flexibility index (Phi) is 4.97. The van der Waals surface area contributed by atoms with Gasteiger partial charge in [0, 0.05) is 12.3 Å². The first-order valence-electron chi connectivity index (χ1n) is 6.33. The number of carbonyl (C=O) groups excluding carboxylic acids is 1. The first kappa shape index (κ1) is 13.2. The summed E-state index contributed by atoms with van der Waals surface area (Å²) in [5, 5.41) is 9.01. The third kappa shape index (κ3) is 3.06. The van der Waals surface area contributed by atoms with Crippen LogP contribution < -0.4 is 0 Å². The average molecular weight is 226 g/mol. The molecule has 1 aliphatic carbocycles. The molecule has 1 N–H and O–H groups in total. The highest BCUT2D eigenvalue weighted by molar-refractivity contribution is 5.84. The maximum absolute atomic E-state index is 11.7. The zero-order chi connectivity index (χ0) is 12.1. The van der Waals surface area contributed by atoms with Crippen LogP contribution in [-0.4, -0.2) is 16.9 Å². The van der Waals surface area contributed by atoms with E-state index in [4.69, 9.17) is 5.11 Å². The van der Waals surface area contributed by atoms with Crippen molar-refractivity contribution >= 4 is 11.8 Å². The van der Waals surface area contributed by atoms with Crippen LogP contribution in [-0.2, 0) is 9.59 Å². The number of Topliss-reactive ketones (excluding diaryl/α,β-unsaturated/α-hetero) is 1. The Morgan fingerprint density at radius 3 is 2.75 bits per heavy atom. The molecule has 0 aliphatic heterocycles. The van der Waals surface area contributed by atoms with Crippen LogP contribution in [0.25, 0.3) is 0 Å². The van der Waals surface area contributed by atoms with Gasteiger partial charge in [0.25, 0.3) is 0 Å². The highest BCUT2D eigenvalue weighted by Gasteiger charge is 2.39.